The van der Waals surface area contributed by atoms with Gasteiger partial charge in [0.1, 0.15) is 5.82 Å². The lowest BCUT2D eigenvalue weighted by Crippen LogP contribution is -2.24. The Balaban J connectivity index is 1.62. The minimum absolute atomic E-state index is 0.164. The number of aromatic nitrogens is 2. The van der Waals surface area contributed by atoms with Crippen LogP contribution >= 0.6 is 0 Å². The van der Waals surface area contributed by atoms with E-state index in [2.05, 4.69) is 27.9 Å². The third-order valence-corrected chi connectivity index (χ3v) is 4.23. The number of carbonyl (C=O) groups excluding carboxylic acids is 1. The second-order valence-corrected chi connectivity index (χ2v) is 6.04. The molecule has 0 amide bonds. The van der Waals surface area contributed by atoms with Crippen LogP contribution in [0, 0.1) is 6.92 Å². The summed E-state index contributed by atoms with van der Waals surface area (Å²) in [5, 5.41) is 3.27. The zero-order valence-electron chi connectivity index (χ0n) is 11.7. The number of hydrogen-bond acceptors (Lipinski definition) is 3. The van der Waals surface area contributed by atoms with Crippen LogP contribution in [0.2, 0.25) is 0 Å². The summed E-state index contributed by atoms with van der Waals surface area (Å²) in [7, 11) is 0. The Morgan fingerprint density at radius 3 is 2.85 bits per heavy atom. The Bertz CT molecular complexity index is 680. The van der Waals surface area contributed by atoms with Crippen molar-refractivity contribution in [2.75, 3.05) is 6.54 Å². The highest BCUT2D eigenvalue weighted by Crippen LogP contribution is 2.38. The van der Waals surface area contributed by atoms with Crippen LogP contribution in [-0.2, 0) is 0 Å². The molecule has 20 heavy (non-hydrogen) atoms. The standard InChI is InChI=1S/C16H19N3O/c1-10-18-14-8-11(16(20)9-17-12-3-4-12)2-7-15(14)19(10)13-5-6-13/h2,7-8,12-13,17H,3-6,9H2,1H3. The molecular formula is C16H19N3O. The molecular weight excluding hydrogens is 250 g/mol. The first kappa shape index (κ1) is 12.1. The van der Waals surface area contributed by atoms with Gasteiger partial charge in [0.25, 0.3) is 0 Å². The Morgan fingerprint density at radius 1 is 1.35 bits per heavy atom. The number of ketones is 1. The van der Waals surface area contributed by atoms with Crippen molar-refractivity contribution in [1.29, 1.82) is 0 Å². The molecule has 2 aliphatic rings. The summed E-state index contributed by atoms with van der Waals surface area (Å²) < 4.78 is 2.31. The maximum Gasteiger partial charge on any atom is 0.176 e. The Kier molecular flexibility index (Phi) is 2.67. The summed E-state index contributed by atoms with van der Waals surface area (Å²) in [6.07, 6.45) is 4.91. The molecule has 2 fully saturated rings. The fraction of sp³-hybridized carbons (Fsp3) is 0.500. The highest BCUT2D eigenvalue weighted by molar-refractivity contribution is 6.00. The molecule has 4 heteroatoms. The van der Waals surface area contributed by atoms with Gasteiger partial charge in [-0.15, -0.1) is 0 Å². The SMILES string of the molecule is Cc1nc2cc(C(=O)CNC3CC3)ccc2n1C1CC1. The number of carbonyl (C=O) groups is 1. The van der Waals surface area contributed by atoms with E-state index in [0.29, 0.717) is 18.6 Å². The van der Waals surface area contributed by atoms with Crippen molar-refractivity contribution in [1.82, 2.24) is 14.9 Å². The smallest absolute Gasteiger partial charge is 0.176 e. The molecule has 1 heterocycles. The van der Waals surface area contributed by atoms with Gasteiger partial charge in [-0.1, -0.05) is 0 Å². The molecule has 0 spiro atoms. The predicted molar refractivity (Wildman–Crippen MR) is 78.1 cm³/mol. The van der Waals surface area contributed by atoms with Crippen LogP contribution in [0.4, 0.5) is 0 Å². The van der Waals surface area contributed by atoms with E-state index >= 15 is 0 Å². The molecule has 4 nitrogen and oxygen atoms in total. The van der Waals surface area contributed by atoms with Gasteiger partial charge in [0.05, 0.1) is 17.6 Å². The van der Waals surface area contributed by atoms with Crippen molar-refractivity contribution in [2.45, 2.75) is 44.7 Å². The third kappa shape index (κ3) is 2.14. The van der Waals surface area contributed by atoms with Crippen molar-refractivity contribution >= 4 is 16.8 Å². The maximum atomic E-state index is 12.2. The number of fused-ring (bicyclic) bond motifs is 1. The zero-order chi connectivity index (χ0) is 13.7. The highest BCUT2D eigenvalue weighted by Gasteiger charge is 2.27. The second-order valence-electron chi connectivity index (χ2n) is 6.04. The fourth-order valence-electron chi connectivity index (χ4n) is 2.81. The van der Waals surface area contributed by atoms with Gasteiger partial charge in [-0.05, 0) is 50.8 Å². The van der Waals surface area contributed by atoms with E-state index in [1.54, 1.807) is 0 Å². The summed E-state index contributed by atoms with van der Waals surface area (Å²) in [6, 6.07) is 7.13. The van der Waals surface area contributed by atoms with E-state index in [-0.39, 0.29) is 5.78 Å². The first-order valence-electron chi connectivity index (χ1n) is 7.47. The normalized spacial score (nSPS) is 18.6. The largest absolute Gasteiger partial charge is 0.325 e. The Hall–Kier alpha value is -1.68. The van der Waals surface area contributed by atoms with Crippen molar-refractivity contribution < 1.29 is 4.79 Å². The van der Waals surface area contributed by atoms with E-state index in [4.69, 9.17) is 0 Å². The number of Topliss-reactive ketones (excluding diaryl/α,β-unsaturated/α-hetero) is 1. The van der Waals surface area contributed by atoms with Crippen molar-refractivity contribution in [2.24, 2.45) is 0 Å². The number of nitrogens with zero attached hydrogens (tertiary/aromatic N) is 2. The van der Waals surface area contributed by atoms with Gasteiger partial charge >= 0.3 is 0 Å². The summed E-state index contributed by atoms with van der Waals surface area (Å²) in [5.74, 6) is 1.22. The van der Waals surface area contributed by atoms with Crippen molar-refractivity contribution in [3.8, 4) is 0 Å². The van der Waals surface area contributed by atoms with Gasteiger partial charge in [-0.3, -0.25) is 4.79 Å². The lowest BCUT2D eigenvalue weighted by atomic mass is 10.1. The number of imidazole rings is 1. The summed E-state index contributed by atoms with van der Waals surface area (Å²) in [5.41, 5.74) is 2.88. The van der Waals surface area contributed by atoms with E-state index in [1.165, 1.54) is 25.7 Å². The summed E-state index contributed by atoms with van der Waals surface area (Å²) in [6.45, 7) is 2.49. The number of rotatable bonds is 5. The average molecular weight is 269 g/mol. The molecule has 1 aromatic carbocycles. The molecule has 0 bridgehead atoms. The van der Waals surface area contributed by atoms with Gasteiger partial charge in [-0.2, -0.15) is 0 Å². The minimum Gasteiger partial charge on any atom is -0.325 e. The van der Waals surface area contributed by atoms with Gasteiger partial charge in [0.15, 0.2) is 5.78 Å². The van der Waals surface area contributed by atoms with Crippen LogP contribution in [0.3, 0.4) is 0 Å². The first-order valence-corrected chi connectivity index (χ1v) is 7.47. The quantitative estimate of drug-likeness (QED) is 0.849. The van der Waals surface area contributed by atoms with Crippen LogP contribution < -0.4 is 5.32 Å². The predicted octanol–water partition coefficient (Wildman–Crippen LogP) is 2.61. The third-order valence-electron chi connectivity index (χ3n) is 4.23. The van der Waals surface area contributed by atoms with Gasteiger partial charge < -0.3 is 9.88 Å². The topological polar surface area (TPSA) is 46.9 Å². The molecule has 0 unspecified atom stereocenters. The maximum absolute atomic E-state index is 12.2. The number of nitrogens with one attached hydrogen (secondary N) is 1. The van der Waals surface area contributed by atoms with E-state index < -0.39 is 0 Å². The highest BCUT2D eigenvalue weighted by atomic mass is 16.1. The number of aryl methyl sites for hydroxylation is 1. The van der Waals surface area contributed by atoms with E-state index in [1.807, 2.05) is 12.1 Å². The van der Waals surface area contributed by atoms with E-state index in [9.17, 15) is 4.79 Å². The molecule has 4 rings (SSSR count). The van der Waals surface area contributed by atoms with Gasteiger partial charge in [-0.25, -0.2) is 4.98 Å². The van der Waals surface area contributed by atoms with Crippen LogP contribution in [0.1, 0.15) is 47.9 Å². The molecule has 2 saturated carbocycles. The molecule has 2 aromatic rings. The van der Waals surface area contributed by atoms with Gasteiger partial charge in [0, 0.05) is 17.6 Å². The lowest BCUT2D eigenvalue weighted by Gasteiger charge is -2.05. The Morgan fingerprint density at radius 2 is 2.15 bits per heavy atom. The van der Waals surface area contributed by atoms with E-state index in [0.717, 1.165) is 22.4 Å². The van der Waals surface area contributed by atoms with Crippen molar-refractivity contribution in [3.63, 3.8) is 0 Å². The molecule has 2 aliphatic carbocycles. The van der Waals surface area contributed by atoms with Crippen LogP contribution in [0.5, 0.6) is 0 Å². The molecule has 104 valence electrons. The Labute approximate surface area is 118 Å². The molecule has 1 aromatic heterocycles. The molecule has 0 saturated heterocycles. The average Bonchev–Trinajstić information content (AvgIpc) is 3.33. The second kappa shape index (κ2) is 4.42. The monoisotopic (exact) mass is 269 g/mol. The number of benzene rings is 1. The molecule has 0 atom stereocenters. The summed E-state index contributed by atoms with van der Waals surface area (Å²) >= 11 is 0. The first-order chi connectivity index (χ1) is 9.72. The summed E-state index contributed by atoms with van der Waals surface area (Å²) in [4.78, 5) is 16.8. The molecule has 0 radical (unpaired) electrons. The van der Waals surface area contributed by atoms with Crippen LogP contribution in [0.15, 0.2) is 18.2 Å². The van der Waals surface area contributed by atoms with Crippen molar-refractivity contribution in [3.05, 3.63) is 29.6 Å². The number of hydrogen-bond donors (Lipinski definition) is 1. The zero-order valence-corrected chi connectivity index (χ0v) is 11.7. The van der Waals surface area contributed by atoms with Gasteiger partial charge in [0.2, 0.25) is 0 Å². The van der Waals surface area contributed by atoms with Crippen LogP contribution in [0.25, 0.3) is 11.0 Å². The lowest BCUT2D eigenvalue weighted by molar-refractivity contribution is 0.0990. The minimum atomic E-state index is 0.164. The molecule has 0 aliphatic heterocycles. The fourth-order valence-corrected chi connectivity index (χ4v) is 2.81. The molecule has 1 N–H and O–H groups in total. The van der Waals surface area contributed by atoms with Crippen LogP contribution in [-0.4, -0.2) is 27.9 Å².